The van der Waals surface area contributed by atoms with Gasteiger partial charge in [-0.3, -0.25) is 0 Å². The number of nitrogens with one attached hydrogen (secondary N) is 1. The van der Waals surface area contributed by atoms with E-state index in [9.17, 15) is 0 Å². The molecule has 2 rings (SSSR count). The molecule has 0 aliphatic heterocycles. The fourth-order valence-corrected chi connectivity index (χ4v) is 1.84. The van der Waals surface area contributed by atoms with Crippen molar-refractivity contribution in [3.05, 3.63) is 47.8 Å². The van der Waals surface area contributed by atoms with Crippen molar-refractivity contribution in [2.24, 2.45) is 0 Å². The van der Waals surface area contributed by atoms with Crippen LogP contribution in [-0.2, 0) is 6.54 Å². The standard InChI is InChI=1S/C14H19N3/c1-3-7-15-11-13-5-6-14(10-12(13)2)17-9-4-8-16-17/h4-6,8-10,15H,3,7,11H2,1-2H3. The molecule has 1 heterocycles. The predicted octanol–water partition coefficient (Wildman–Crippen LogP) is 2.68. The molecule has 0 radical (unpaired) electrons. The largest absolute Gasteiger partial charge is 0.313 e. The summed E-state index contributed by atoms with van der Waals surface area (Å²) in [5, 5.41) is 7.66. The average molecular weight is 229 g/mol. The minimum absolute atomic E-state index is 0.944. The van der Waals surface area contributed by atoms with Crippen LogP contribution in [0.4, 0.5) is 0 Å². The van der Waals surface area contributed by atoms with Gasteiger partial charge in [-0.1, -0.05) is 13.0 Å². The number of aryl methyl sites for hydroxylation is 1. The molecular weight excluding hydrogens is 210 g/mol. The summed E-state index contributed by atoms with van der Waals surface area (Å²) in [5.74, 6) is 0. The van der Waals surface area contributed by atoms with Crippen molar-refractivity contribution in [3.63, 3.8) is 0 Å². The van der Waals surface area contributed by atoms with Crippen LogP contribution in [0.5, 0.6) is 0 Å². The van der Waals surface area contributed by atoms with Crippen LogP contribution in [0.2, 0.25) is 0 Å². The zero-order chi connectivity index (χ0) is 12.1. The molecule has 90 valence electrons. The molecule has 3 nitrogen and oxygen atoms in total. The highest BCUT2D eigenvalue weighted by atomic mass is 15.3. The van der Waals surface area contributed by atoms with Gasteiger partial charge in [-0.2, -0.15) is 5.10 Å². The Morgan fingerprint density at radius 3 is 2.88 bits per heavy atom. The first-order valence-electron chi connectivity index (χ1n) is 6.11. The third kappa shape index (κ3) is 2.94. The van der Waals surface area contributed by atoms with Crippen LogP contribution in [0.25, 0.3) is 5.69 Å². The molecule has 0 fully saturated rings. The Bertz CT molecular complexity index is 460. The van der Waals surface area contributed by atoms with Gasteiger partial charge in [0.2, 0.25) is 0 Å². The number of hydrogen-bond donors (Lipinski definition) is 1. The van der Waals surface area contributed by atoms with Crippen molar-refractivity contribution in [2.75, 3.05) is 6.54 Å². The van der Waals surface area contributed by atoms with Crippen LogP contribution >= 0.6 is 0 Å². The molecular formula is C14H19N3. The molecule has 1 N–H and O–H groups in total. The Hall–Kier alpha value is -1.61. The summed E-state index contributed by atoms with van der Waals surface area (Å²) in [6, 6.07) is 8.40. The number of hydrogen-bond acceptors (Lipinski definition) is 2. The van der Waals surface area contributed by atoms with Gasteiger partial charge in [0.15, 0.2) is 0 Å². The Morgan fingerprint density at radius 1 is 1.35 bits per heavy atom. The maximum atomic E-state index is 4.23. The lowest BCUT2D eigenvalue weighted by molar-refractivity contribution is 0.673. The minimum atomic E-state index is 0.944. The Morgan fingerprint density at radius 2 is 2.24 bits per heavy atom. The van der Waals surface area contributed by atoms with Crippen molar-refractivity contribution in [1.29, 1.82) is 0 Å². The van der Waals surface area contributed by atoms with Crippen LogP contribution < -0.4 is 5.32 Å². The topological polar surface area (TPSA) is 29.9 Å². The van der Waals surface area contributed by atoms with Crippen LogP contribution in [0.15, 0.2) is 36.7 Å². The fraction of sp³-hybridized carbons (Fsp3) is 0.357. The van der Waals surface area contributed by atoms with Crippen molar-refractivity contribution < 1.29 is 0 Å². The highest BCUT2D eigenvalue weighted by molar-refractivity contribution is 5.39. The van der Waals surface area contributed by atoms with E-state index in [1.807, 2.05) is 16.9 Å². The highest BCUT2D eigenvalue weighted by Gasteiger charge is 2.01. The lowest BCUT2D eigenvalue weighted by Crippen LogP contribution is -2.14. The molecule has 0 saturated heterocycles. The van der Waals surface area contributed by atoms with Crippen molar-refractivity contribution in [2.45, 2.75) is 26.8 Å². The number of aromatic nitrogens is 2. The molecule has 0 amide bonds. The third-order valence-corrected chi connectivity index (χ3v) is 2.84. The lowest BCUT2D eigenvalue weighted by atomic mass is 10.1. The number of rotatable bonds is 5. The summed E-state index contributed by atoms with van der Waals surface area (Å²) in [5.41, 5.74) is 3.78. The maximum Gasteiger partial charge on any atom is 0.0648 e. The van der Waals surface area contributed by atoms with E-state index < -0.39 is 0 Å². The summed E-state index contributed by atoms with van der Waals surface area (Å²) < 4.78 is 1.89. The molecule has 0 aliphatic rings. The Labute approximate surface area is 102 Å². The van der Waals surface area contributed by atoms with E-state index in [1.54, 1.807) is 6.20 Å². The zero-order valence-electron chi connectivity index (χ0n) is 10.5. The molecule has 0 unspecified atom stereocenters. The quantitative estimate of drug-likeness (QED) is 0.799. The highest BCUT2D eigenvalue weighted by Crippen LogP contribution is 2.13. The molecule has 2 aromatic rings. The van der Waals surface area contributed by atoms with Gasteiger partial charge >= 0.3 is 0 Å². The lowest BCUT2D eigenvalue weighted by Gasteiger charge is -2.09. The summed E-state index contributed by atoms with van der Waals surface area (Å²) >= 11 is 0. The van der Waals surface area contributed by atoms with Gasteiger partial charge in [0.05, 0.1) is 5.69 Å². The van der Waals surface area contributed by atoms with Crippen LogP contribution in [-0.4, -0.2) is 16.3 Å². The van der Waals surface area contributed by atoms with Gasteiger partial charge in [0, 0.05) is 18.9 Å². The van der Waals surface area contributed by atoms with Crippen molar-refractivity contribution in [3.8, 4) is 5.69 Å². The first-order chi connectivity index (χ1) is 8.31. The second kappa shape index (κ2) is 5.64. The van der Waals surface area contributed by atoms with Gasteiger partial charge in [-0.05, 0) is 49.2 Å². The summed E-state index contributed by atoms with van der Waals surface area (Å²) in [6.07, 6.45) is 4.93. The monoisotopic (exact) mass is 229 g/mol. The second-order valence-corrected chi connectivity index (χ2v) is 4.24. The van der Waals surface area contributed by atoms with Gasteiger partial charge in [-0.25, -0.2) is 4.68 Å². The van der Waals surface area contributed by atoms with Gasteiger partial charge < -0.3 is 5.32 Å². The van der Waals surface area contributed by atoms with E-state index in [4.69, 9.17) is 0 Å². The summed E-state index contributed by atoms with van der Waals surface area (Å²) in [7, 11) is 0. The number of benzene rings is 1. The maximum absolute atomic E-state index is 4.23. The van der Waals surface area contributed by atoms with Gasteiger partial charge in [0.1, 0.15) is 0 Å². The van der Waals surface area contributed by atoms with E-state index in [-0.39, 0.29) is 0 Å². The van der Waals surface area contributed by atoms with E-state index in [0.29, 0.717) is 0 Å². The fourth-order valence-electron chi connectivity index (χ4n) is 1.84. The smallest absolute Gasteiger partial charge is 0.0648 e. The second-order valence-electron chi connectivity index (χ2n) is 4.24. The molecule has 1 aromatic heterocycles. The molecule has 0 spiro atoms. The van der Waals surface area contributed by atoms with Gasteiger partial charge in [0.25, 0.3) is 0 Å². The molecule has 17 heavy (non-hydrogen) atoms. The predicted molar refractivity (Wildman–Crippen MR) is 70.3 cm³/mol. The zero-order valence-corrected chi connectivity index (χ0v) is 10.5. The first-order valence-corrected chi connectivity index (χ1v) is 6.11. The van der Waals surface area contributed by atoms with E-state index in [2.05, 4.69) is 42.5 Å². The molecule has 1 aromatic carbocycles. The SMILES string of the molecule is CCCNCc1ccc(-n2cccn2)cc1C. The summed E-state index contributed by atoms with van der Waals surface area (Å²) in [4.78, 5) is 0. The molecule has 0 saturated carbocycles. The van der Waals surface area contributed by atoms with Crippen LogP contribution in [0, 0.1) is 6.92 Å². The van der Waals surface area contributed by atoms with E-state index in [1.165, 1.54) is 17.5 Å². The average Bonchev–Trinajstić information content (AvgIpc) is 2.85. The Balaban J connectivity index is 2.12. The number of nitrogens with zero attached hydrogens (tertiary/aromatic N) is 2. The van der Waals surface area contributed by atoms with Crippen molar-refractivity contribution in [1.82, 2.24) is 15.1 Å². The molecule has 0 bridgehead atoms. The Kier molecular flexibility index (Phi) is 3.94. The van der Waals surface area contributed by atoms with E-state index in [0.717, 1.165) is 18.8 Å². The van der Waals surface area contributed by atoms with E-state index >= 15 is 0 Å². The van der Waals surface area contributed by atoms with Crippen LogP contribution in [0.3, 0.4) is 0 Å². The summed E-state index contributed by atoms with van der Waals surface area (Å²) in [6.45, 7) is 6.34. The normalized spacial score (nSPS) is 10.7. The van der Waals surface area contributed by atoms with Crippen LogP contribution in [0.1, 0.15) is 24.5 Å². The molecule has 0 aliphatic carbocycles. The third-order valence-electron chi connectivity index (χ3n) is 2.84. The molecule has 3 heteroatoms. The first kappa shape index (κ1) is 11.9. The van der Waals surface area contributed by atoms with Gasteiger partial charge in [-0.15, -0.1) is 0 Å². The minimum Gasteiger partial charge on any atom is -0.313 e. The van der Waals surface area contributed by atoms with Crippen molar-refractivity contribution >= 4 is 0 Å². The molecule has 0 atom stereocenters.